The van der Waals surface area contributed by atoms with E-state index in [1.54, 1.807) is 56.4 Å². The predicted molar refractivity (Wildman–Crippen MR) is 128 cm³/mol. The Morgan fingerprint density at radius 2 is 1.88 bits per heavy atom. The highest BCUT2D eigenvalue weighted by molar-refractivity contribution is 8.01. The normalized spacial score (nSPS) is 10.7. The Hall–Kier alpha value is -3.27. The second-order valence-corrected chi connectivity index (χ2v) is 9.12. The van der Waals surface area contributed by atoms with Crippen LogP contribution in [0.15, 0.2) is 69.9 Å². The molecule has 2 amide bonds. The fraction of sp³-hybridized carbons (Fsp3) is 0.130. The van der Waals surface area contributed by atoms with Crippen LogP contribution in [-0.2, 0) is 6.61 Å². The number of aliphatic hydroxyl groups excluding tert-OH is 1. The number of methoxy groups -OCH3 is 2. The maximum atomic E-state index is 12.3. The highest BCUT2D eigenvalue weighted by Crippen LogP contribution is 2.41. The molecular weight excluding hydrogens is 446 g/mol. The van der Waals surface area contributed by atoms with Crippen molar-refractivity contribution in [1.82, 2.24) is 4.98 Å². The van der Waals surface area contributed by atoms with Gasteiger partial charge >= 0.3 is 6.03 Å². The zero-order valence-electron chi connectivity index (χ0n) is 17.4. The first-order valence-electron chi connectivity index (χ1n) is 9.66. The van der Waals surface area contributed by atoms with Gasteiger partial charge in [-0.15, -0.1) is 11.3 Å². The molecule has 164 valence electrons. The fourth-order valence-electron chi connectivity index (χ4n) is 3.11. The summed E-state index contributed by atoms with van der Waals surface area (Å²) in [5.41, 5.74) is 2.16. The van der Waals surface area contributed by atoms with Crippen molar-refractivity contribution in [2.75, 3.05) is 24.9 Å². The number of rotatable bonds is 7. The summed E-state index contributed by atoms with van der Waals surface area (Å²) in [4.78, 5) is 17.8. The molecule has 0 bridgehead atoms. The Bertz CT molecular complexity index is 1260. The maximum Gasteiger partial charge on any atom is 0.324 e. The lowest BCUT2D eigenvalue weighted by Crippen LogP contribution is -2.18. The molecular formula is C23H21N3O4S2. The third-order valence-corrected chi connectivity index (χ3v) is 6.81. The van der Waals surface area contributed by atoms with Gasteiger partial charge in [0.1, 0.15) is 0 Å². The van der Waals surface area contributed by atoms with E-state index >= 15 is 0 Å². The van der Waals surface area contributed by atoms with Crippen LogP contribution in [-0.4, -0.2) is 30.3 Å². The number of thiophene rings is 1. The lowest BCUT2D eigenvalue weighted by atomic mass is 10.2. The molecule has 4 aromatic rings. The van der Waals surface area contributed by atoms with E-state index < -0.39 is 0 Å². The van der Waals surface area contributed by atoms with Crippen molar-refractivity contribution in [3.8, 4) is 11.5 Å². The number of pyridine rings is 1. The van der Waals surface area contributed by atoms with Crippen LogP contribution in [0.3, 0.4) is 0 Å². The Morgan fingerprint density at radius 1 is 1.06 bits per heavy atom. The van der Waals surface area contributed by atoms with Crippen LogP contribution in [0.4, 0.5) is 15.5 Å². The fourth-order valence-corrected chi connectivity index (χ4v) is 5.20. The second-order valence-electron chi connectivity index (χ2n) is 6.69. The maximum absolute atomic E-state index is 12.3. The van der Waals surface area contributed by atoms with Gasteiger partial charge in [-0.3, -0.25) is 10.3 Å². The van der Waals surface area contributed by atoms with Crippen molar-refractivity contribution in [3.05, 3.63) is 66.4 Å². The van der Waals surface area contributed by atoms with Crippen molar-refractivity contribution < 1.29 is 19.4 Å². The summed E-state index contributed by atoms with van der Waals surface area (Å²) >= 11 is 3.06. The molecule has 0 unspecified atom stereocenters. The third-order valence-electron chi connectivity index (χ3n) is 4.60. The molecule has 32 heavy (non-hydrogen) atoms. The molecule has 4 rings (SSSR count). The minimum Gasteiger partial charge on any atom is -0.493 e. The zero-order chi connectivity index (χ0) is 22.5. The first-order valence-corrected chi connectivity index (χ1v) is 11.3. The molecule has 0 aliphatic carbocycles. The summed E-state index contributed by atoms with van der Waals surface area (Å²) in [7, 11) is 3.21. The van der Waals surface area contributed by atoms with E-state index in [-0.39, 0.29) is 12.6 Å². The highest BCUT2D eigenvalue weighted by Gasteiger charge is 2.12. The zero-order valence-corrected chi connectivity index (χ0v) is 19.0. The van der Waals surface area contributed by atoms with Gasteiger partial charge in [0.15, 0.2) is 11.5 Å². The Balaban J connectivity index is 1.48. The number of aromatic nitrogens is 1. The summed E-state index contributed by atoms with van der Waals surface area (Å²) < 4.78 is 11.8. The first-order chi connectivity index (χ1) is 15.6. The molecule has 0 fully saturated rings. The molecule has 3 N–H and O–H groups in total. The minimum atomic E-state index is -0.343. The van der Waals surface area contributed by atoms with Gasteiger partial charge in [0.05, 0.1) is 35.6 Å². The number of nitrogens with zero attached hydrogens (tertiary/aromatic N) is 1. The number of carbonyl (C=O) groups excluding carboxylic acids is 1. The standard InChI is InChI=1S/C23H21N3O4S2/c1-29-18-11-16-17(12-19(18)30-2)24-9-8-20(16)31-22-7-6-21(32-22)26-23(28)25-15-5-3-4-14(10-15)13-27/h3-12,27H,13H2,1-2H3,(H2,25,26,28). The van der Waals surface area contributed by atoms with Crippen LogP contribution in [0.5, 0.6) is 11.5 Å². The number of fused-ring (bicyclic) bond motifs is 1. The Morgan fingerprint density at radius 3 is 2.66 bits per heavy atom. The van der Waals surface area contributed by atoms with Crippen molar-refractivity contribution in [2.45, 2.75) is 15.7 Å². The van der Waals surface area contributed by atoms with Gasteiger partial charge in [-0.05, 0) is 42.0 Å². The number of nitrogens with one attached hydrogen (secondary N) is 2. The summed E-state index contributed by atoms with van der Waals surface area (Å²) in [6.07, 6.45) is 1.76. The van der Waals surface area contributed by atoms with E-state index in [0.29, 0.717) is 17.2 Å². The largest absolute Gasteiger partial charge is 0.493 e. The van der Waals surface area contributed by atoms with E-state index in [4.69, 9.17) is 9.47 Å². The van der Waals surface area contributed by atoms with Gasteiger partial charge in [0.2, 0.25) is 0 Å². The van der Waals surface area contributed by atoms with Crippen LogP contribution >= 0.6 is 23.1 Å². The van der Waals surface area contributed by atoms with Crippen molar-refractivity contribution >= 4 is 50.7 Å². The number of ether oxygens (including phenoxy) is 2. The smallest absolute Gasteiger partial charge is 0.324 e. The summed E-state index contributed by atoms with van der Waals surface area (Å²) in [6, 6.07) is 16.3. The van der Waals surface area contributed by atoms with Crippen LogP contribution in [0, 0.1) is 0 Å². The molecule has 2 aromatic carbocycles. The summed E-state index contributed by atoms with van der Waals surface area (Å²) in [5.74, 6) is 1.28. The van der Waals surface area contributed by atoms with E-state index in [9.17, 15) is 9.90 Å². The van der Waals surface area contributed by atoms with Gasteiger partial charge in [0, 0.05) is 28.2 Å². The van der Waals surface area contributed by atoms with E-state index in [2.05, 4.69) is 15.6 Å². The van der Waals surface area contributed by atoms with Crippen LogP contribution < -0.4 is 20.1 Å². The average molecular weight is 468 g/mol. The highest BCUT2D eigenvalue weighted by atomic mass is 32.2. The van der Waals surface area contributed by atoms with Crippen LogP contribution in [0.25, 0.3) is 10.9 Å². The van der Waals surface area contributed by atoms with E-state index in [0.717, 1.165) is 30.6 Å². The van der Waals surface area contributed by atoms with Gasteiger partial charge < -0.3 is 19.9 Å². The lowest BCUT2D eigenvalue weighted by Gasteiger charge is -2.10. The number of anilines is 2. The molecule has 2 heterocycles. The van der Waals surface area contributed by atoms with Crippen LogP contribution in [0.2, 0.25) is 0 Å². The summed E-state index contributed by atoms with van der Waals surface area (Å²) in [6.45, 7) is -0.0784. The monoisotopic (exact) mass is 467 g/mol. The molecule has 0 saturated carbocycles. The number of aliphatic hydroxyl groups is 1. The average Bonchev–Trinajstić information content (AvgIpc) is 3.24. The molecule has 0 aliphatic rings. The van der Waals surface area contributed by atoms with Gasteiger partial charge in [-0.1, -0.05) is 23.9 Å². The van der Waals surface area contributed by atoms with Crippen molar-refractivity contribution in [3.63, 3.8) is 0 Å². The van der Waals surface area contributed by atoms with E-state index in [1.165, 1.54) is 11.3 Å². The van der Waals surface area contributed by atoms with Crippen LogP contribution in [0.1, 0.15) is 5.56 Å². The van der Waals surface area contributed by atoms with Gasteiger partial charge in [0.25, 0.3) is 0 Å². The van der Waals surface area contributed by atoms with Gasteiger partial charge in [-0.25, -0.2) is 4.79 Å². The number of amides is 2. The summed E-state index contributed by atoms with van der Waals surface area (Å²) in [5, 5.41) is 16.5. The first kappa shape index (κ1) is 21.9. The van der Waals surface area contributed by atoms with Crippen molar-refractivity contribution in [2.24, 2.45) is 0 Å². The topological polar surface area (TPSA) is 92.7 Å². The molecule has 0 aliphatic heterocycles. The molecule has 0 saturated heterocycles. The Kier molecular flexibility index (Phi) is 6.79. The van der Waals surface area contributed by atoms with Crippen molar-refractivity contribution in [1.29, 1.82) is 0 Å². The Labute approximate surface area is 193 Å². The molecule has 7 nitrogen and oxygen atoms in total. The number of urea groups is 1. The lowest BCUT2D eigenvalue weighted by molar-refractivity contribution is 0.262. The predicted octanol–water partition coefficient (Wildman–Crippen LogP) is 5.60. The molecule has 0 spiro atoms. The SMILES string of the molecule is COc1cc2nccc(Sc3ccc(NC(=O)Nc4cccc(CO)c4)s3)c2cc1OC. The molecule has 0 atom stereocenters. The number of benzene rings is 2. The quantitative estimate of drug-likeness (QED) is 0.328. The molecule has 2 aromatic heterocycles. The molecule has 9 heteroatoms. The molecule has 0 radical (unpaired) electrons. The number of hydrogen-bond donors (Lipinski definition) is 3. The van der Waals surface area contributed by atoms with E-state index in [1.807, 2.05) is 30.3 Å². The second kappa shape index (κ2) is 9.90. The van der Waals surface area contributed by atoms with Gasteiger partial charge in [-0.2, -0.15) is 0 Å². The number of carbonyl (C=O) groups is 1. The third kappa shape index (κ3) is 4.96. The number of hydrogen-bond acceptors (Lipinski definition) is 7. The minimum absolute atomic E-state index is 0.0784.